The molecule has 3 heterocycles. The minimum Gasteiger partial charge on any atom is -0.338 e. The predicted octanol–water partition coefficient (Wildman–Crippen LogP) is 0.882. The van der Waals surface area contributed by atoms with Gasteiger partial charge in [-0.25, -0.2) is 0 Å². The third kappa shape index (κ3) is 2.37. The van der Waals surface area contributed by atoms with Gasteiger partial charge in [0.25, 0.3) is 11.5 Å². The maximum absolute atomic E-state index is 12.8. The van der Waals surface area contributed by atoms with E-state index in [2.05, 4.69) is 6.58 Å². The Morgan fingerprint density at radius 1 is 1.42 bits per heavy atom. The van der Waals surface area contributed by atoms with Gasteiger partial charge in [-0.1, -0.05) is 19.1 Å². The van der Waals surface area contributed by atoms with E-state index in [-0.39, 0.29) is 23.3 Å². The first-order chi connectivity index (χ1) is 11.4. The summed E-state index contributed by atoms with van der Waals surface area (Å²) >= 11 is 0. The Kier molecular flexibility index (Phi) is 4.07. The van der Waals surface area contributed by atoms with Crippen LogP contribution in [0.25, 0.3) is 0 Å². The summed E-state index contributed by atoms with van der Waals surface area (Å²) in [5, 5.41) is 0. The van der Waals surface area contributed by atoms with Crippen LogP contribution in [-0.4, -0.2) is 52.4 Å². The lowest BCUT2D eigenvalue weighted by Gasteiger charge is -2.26. The maximum Gasteiger partial charge on any atom is 0.270 e. The minimum absolute atomic E-state index is 0.101. The van der Waals surface area contributed by atoms with E-state index in [1.807, 2.05) is 11.8 Å². The first-order valence-electron chi connectivity index (χ1n) is 8.26. The van der Waals surface area contributed by atoms with Crippen molar-refractivity contribution in [3.8, 4) is 0 Å². The van der Waals surface area contributed by atoms with E-state index in [9.17, 15) is 14.4 Å². The highest BCUT2D eigenvalue weighted by Gasteiger charge is 2.55. The van der Waals surface area contributed by atoms with Gasteiger partial charge in [-0.15, -0.1) is 6.58 Å². The normalized spacial score (nSPS) is 26.4. The number of likely N-dealkylation sites (tertiary alicyclic amines) is 2. The van der Waals surface area contributed by atoms with Crippen molar-refractivity contribution < 1.29 is 9.59 Å². The van der Waals surface area contributed by atoms with Gasteiger partial charge in [0.2, 0.25) is 5.91 Å². The molecule has 2 saturated heterocycles. The quantitative estimate of drug-likeness (QED) is 0.774. The molecule has 0 aliphatic carbocycles. The molecule has 6 nitrogen and oxygen atoms in total. The Labute approximate surface area is 141 Å². The van der Waals surface area contributed by atoms with Crippen molar-refractivity contribution in [2.45, 2.75) is 13.3 Å². The molecule has 128 valence electrons. The fourth-order valence-electron chi connectivity index (χ4n) is 3.95. The van der Waals surface area contributed by atoms with Gasteiger partial charge in [0.15, 0.2) is 0 Å². The lowest BCUT2D eigenvalue weighted by molar-refractivity contribution is -0.136. The molecule has 0 bridgehead atoms. The molecule has 0 N–H and O–H groups in total. The molecule has 2 amide bonds. The molecule has 3 rings (SSSR count). The van der Waals surface area contributed by atoms with Crippen LogP contribution in [0.1, 0.15) is 23.8 Å². The number of pyridine rings is 1. The van der Waals surface area contributed by atoms with E-state index < -0.39 is 5.41 Å². The van der Waals surface area contributed by atoms with Gasteiger partial charge in [-0.05, 0) is 18.4 Å². The molecule has 2 atom stereocenters. The smallest absolute Gasteiger partial charge is 0.270 e. The SMILES string of the molecule is C=CCN1CC[C@]2(CN(C(=O)c3cccc(=O)n3C)C[C@H]2C)C1=O. The molecule has 2 fully saturated rings. The molecular formula is C18H23N3O3. The summed E-state index contributed by atoms with van der Waals surface area (Å²) in [6.45, 7) is 7.95. The van der Waals surface area contributed by atoms with Crippen LogP contribution >= 0.6 is 0 Å². The van der Waals surface area contributed by atoms with Crippen LogP contribution in [0.4, 0.5) is 0 Å². The highest BCUT2D eigenvalue weighted by molar-refractivity contribution is 5.94. The minimum atomic E-state index is -0.494. The van der Waals surface area contributed by atoms with Crippen molar-refractivity contribution in [1.29, 1.82) is 0 Å². The molecule has 0 aromatic carbocycles. The number of rotatable bonds is 3. The van der Waals surface area contributed by atoms with E-state index in [0.29, 0.717) is 31.9 Å². The Balaban J connectivity index is 1.85. The van der Waals surface area contributed by atoms with Crippen LogP contribution in [0, 0.1) is 11.3 Å². The van der Waals surface area contributed by atoms with E-state index in [0.717, 1.165) is 6.42 Å². The van der Waals surface area contributed by atoms with Crippen LogP contribution < -0.4 is 5.56 Å². The van der Waals surface area contributed by atoms with Crippen LogP contribution in [0.5, 0.6) is 0 Å². The molecule has 24 heavy (non-hydrogen) atoms. The first-order valence-corrected chi connectivity index (χ1v) is 8.26. The predicted molar refractivity (Wildman–Crippen MR) is 90.6 cm³/mol. The molecule has 1 aromatic rings. The molecule has 6 heteroatoms. The number of carbonyl (C=O) groups excluding carboxylic acids is 2. The van der Waals surface area contributed by atoms with Crippen LogP contribution in [0.15, 0.2) is 35.6 Å². The Bertz CT molecular complexity index is 754. The molecular weight excluding hydrogens is 306 g/mol. The van der Waals surface area contributed by atoms with Crippen molar-refractivity contribution in [1.82, 2.24) is 14.4 Å². The Morgan fingerprint density at radius 2 is 2.17 bits per heavy atom. The average molecular weight is 329 g/mol. The second kappa shape index (κ2) is 5.92. The zero-order chi connectivity index (χ0) is 17.5. The summed E-state index contributed by atoms with van der Waals surface area (Å²) in [5.41, 5.74) is -0.344. The Hall–Kier alpha value is -2.37. The second-order valence-corrected chi connectivity index (χ2v) is 6.84. The molecule has 2 aliphatic heterocycles. The topological polar surface area (TPSA) is 62.6 Å². The molecule has 1 spiro atoms. The van der Waals surface area contributed by atoms with E-state index in [1.54, 1.807) is 30.2 Å². The summed E-state index contributed by atoms with van der Waals surface area (Å²) in [5.74, 6) is 0.0329. The maximum atomic E-state index is 12.8. The molecule has 0 radical (unpaired) electrons. The number of aromatic nitrogens is 1. The summed E-state index contributed by atoms with van der Waals surface area (Å²) in [4.78, 5) is 41.0. The van der Waals surface area contributed by atoms with Gasteiger partial charge in [0, 0.05) is 39.3 Å². The van der Waals surface area contributed by atoms with Gasteiger partial charge < -0.3 is 14.4 Å². The van der Waals surface area contributed by atoms with Crippen LogP contribution in [0.2, 0.25) is 0 Å². The zero-order valence-corrected chi connectivity index (χ0v) is 14.2. The standard InChI is InChI=1S/C18H23N3O3/c1-4-9-20-10-8-18(17(20)24)12-21(11-13(18)2)16(23)14-6-5-7-15(22)19(14)3/h4-7,13H,1,8-12H2,2-3H3/t13-,18-/m1/s1. The van der Waals surface area contributed by atoms with Crippen molar-refractivity contribution >= 4 is 11.8 Å². The third-order valence-corrected chi connectivity index (χ3v) is 5.49. The average Bonchev–Trinajstić information content (AvgIpc) is 3.05. The van der Waals surface area contributed by atoms with E-state index in [4.69, 9.17) is 0 Å². The zero-order valence-electron chi connectivity index (χ0n) is 14.2. The van der Waals surface area contributed by atoms with E-state index in [1.165, 1.54) is 10.6 Å². The lowest BCUT2D eigenvalue weighted by atomic mass is 9.78. The highest BCUT2D eigenvalue weighted by Crippen LogP contribution is 2.44. The summed E-state index contributed by atoms with van der Waals surface area (Å²) < 4.78 is 1.36. The summed E-state index contributed by atoms with van der Waals surface area (Å²) in [6.07, 6.45) is 2.50. The fourth-order valence-corrected chi connectivity index (χ4v) is 3.95. The molecule has 1 aromatic heterocycles. The molecule has 0 unspecified atom stereocenters. The number of nitrogens with zero attached hydrogens (tertiary/aromatic N) is 3. The van der Waals surface area contributed by atoms with Gasteiger partial charge in [0.1, 0.15) is 5.69 Å². The van der Waals surface area contributed by atoms with Crippen molar-refractivity contribution in [3.05, 3.63) is 46.9 Å². The van der Waals surface area contributed by atoms with E-state index >= 15 is 0 Å². The molecule has 2 aliphatic rings. The summed E-state index contributed by atoms with van der Waals surface area (Å²) in [7, 11) is 1.59. The van der Waals surface area contributed by atoms with Crippen molar-refractivity contribution in [3.63, 3.8) is 0 Å². The van der Waals surface area contributed by atoms with Gasteiger partial charge >= 0.3 is 0 Å². The van der Waals surface area contributed by atoms with Crippen molar-refractivity contribution in [2.75, 3.05) is 26.2 Å². The monoisotopic (exact) mass is 329 g/mol. The third-order valence-electron chi connectivity index (χ3n) is 5.49. The van der Waals surface area contributed by atoms with Crippen molar-refractivity contribution in [2.24, 2.45) is 18.4 Å². The van der Waals surface area contributed by atoms with Gasteiger partial charge in [-0.2, -0.15) is 0 Å². The van der Waals surface area contributed by atoms with Gasteiger partial charge in [0.05, 0.1) is 5.41 Å². The Morgan fingerprint density at radius 3 is 2.88 bits per heavy atom. The largest absolute Gasteiger partial charge is 0.338 e. The fraction of sp³-hybridized carbons (Fsp3) is 0.500. The number of amides is 2. The van der Waals surface area contributed by atoms with Crippen LogP contribution in [-0.2, 0) is 11.8 Å². The first kappa shape index (κ1) is 16.5. The number of hydrogen-bond donors (Lipinski definition) is 0. The number of hydrogen-bond acceptors (Lipinski definition) is 3. The summed E-state index contributed by atoms with van der Waals surface area (Å²) in [6, 6.07) is 4.68. The van der Waals surface area contributed by atoms with Gasteiger partial charge in [-0.3, -0.25) is 14.4 Å². The van der Waals surface area contributed by atoms with Crippen LogP contribution in [0.3, 0.4) is 0 Å². The lowest BCUT2D eigenvalue weighted by Crippen LogP contribution is -2.40. The number of carbonyl (C=O) groups is 2. The highest BCUT2D eigenvalue weighted by atomic mass is 16.2. The second-order valence-electron chi connectivity index (χ2n) is 6.84. The molecule has 0 saturated carbocycles.